The number of halogens is 2. The van der Waals surface area contributed by atoms with Crippen molar-refractivity contribution in [2.24, 2.45) is 0 Å². The summed E-state index contributed by atoms with van der Waals surface area (Å²) in [4.78, 5) is 16.4. The number of benzene rings is 2. The summed E-state index contributed by atoms with van der Waals surface area (Å²) in [6.07, 6.45) is 3.14. The highest BCUT2D eigenvalue weighted by molar-refractivity contribution is 6.43. The van der Waals surface area contributed by atoms with Gasteiger partial charge in [0.1, 0.15) is 0 Å². The second-order valence-corrected chi connectivity index (χ2v) is 6.14. The van der Waals surface area contributed by atoms with Gasteiger partial charge < -0.3 is 10.6 Å². The quantitative estimate of drug-likeness (QED) is 0.658. The zero-order chi connectivity index (χ0) is 17.6. The zero-order valence-electron chi connectivity index (χ0n) is 13.2. The maximum Gasteiger partial charge on any atom is 0.253 e. The third kappa shape index (κ3) is 4.50. The molecule has 0 bridgehead atoms. The van der Waals surface area contributed by atoms with Crippen LogP contribution in [0, 0.1) is 0 Å². The Morgan fingerprint density at radius 1 is 1.00 bits per heavy atom. The standard InChI is InChI=1S/C19H15Cl2N3O/c20-16-7-4-8-17(18(16)21)24-15-9-14(11-22-12-15)19(25)23-10-13-5-2-1-3-6-13/h1-9,11-12,24H,10H2,(H,23,25). The largest absolute Gasteiger partial charge is 0.353 e. The van der Waals surface area contributed by atoms with Gasteiger partial charge >= 0.3 is 0 Å². The summed E-state index contributed by atoms with van der Waals surface area (Å²) >= 11 is 12.2. The Balaban J connectivity index is 1.70. The van der Waals surface area contributed by atoms with Crippen molar-refractivity contribution in [1.82, 2.24) is 10.3 Å². The Hall–Kier alpha value is -2.56. The first-order valence-corrected chi connectivity index (χ1v) is 8.37. The van der Waals surface area contributed by atoms with E-state index in [2.05, 4.69) is 15.6 Å². The third-order valence-electron chi connectivity index (χ3n) is 3.53. The molecule has 6 heteroatoms. The van der Waals surface area contributed by atoms with E-state index in [9.17, 15) is 4.79 Å². The number of aromatic nitrogens is 1. The average molecular weight is 372 g/mol. The molecule has 2 N–H and O–H groups in total. The fraction of sp³-hybridized carbons (Fsp3) is 0.0526. The highest BCUT2D eigenvalue weighted by Gasteiger charge is 2.09. The fourth-order valence-electron chi connectivity index (χ4n) is 2.27. The molecular weight excluding hydrogens is 357 g/mol. The van der Waals surface area contributed by atoms with Crippen molar-refractivity contribution in [1.29, 1.82) is 0 Å². The van der Waals surface area contributed by atoms with E-state index in [0.29, 0.717) is 33.5 Å². The summed E-state index contributed by atoms with van der Waals surface area (Å²) in [5, 5.41) is 6.87. The SMILES string of the molecule is O=C(NCc1ccccc1)c1cncc(Nc2cccc(Cl)c2Cl)c1. The number of amides is 1. The summed E-state index contributed by atoms with van der Waals surface area (Å²) < 4.78 is 0. The van der Waals surface area contributed by atoms with Gasteiger partial charge in [0.2, 0.25) is 0 Å². The van der Waals surface area contributed by atoms with E-state index < -0.39 is 0 Å². The van der Waals surface area contributed by atoms with Crippen LogP contribution >= 0.6 is 23.2 Å². The summed E-state index contributed by atoms with van der Waals surface area (Å²) in [5.41, 5.74) is 2.79. The van der Waals surface area contributed by atoms with E-state index in [-0.39, 0.29) is 5.91 Å². The van der Waals surface area contributed by atoms with Crippen LogP contribution in [0.1, 0.15) is 15.9 Å². The number of rotatable bonds is 5. The molecular formula is C19H15Cl2N3O. The predicted octanol–water partition coefficient (Wildman–Crippen LogP) is 5.06. The molecule has 3 rings (SSSR count). The topological polar surface area (TPSA) is 54.0 Å². The summed E-state index contributed by atoms with van der Waals surface area (Å²) in [6, 6.07) is 16.7. The molecule has 0 saturated carbocycles. The number of nitrogens with zero attached hydrogens (tertiary/aromatic N) is 1. The molecule has 3 aromatic rings. The Bertz CT molecular complexity index is 885. The van der Waals surface area contributed by atoms with Crippen molar-refractivity contribution in [2.75, 3.05) is 5.32 Å². The number of anilines is 2. The van der Waals surface area contributed by atoms with Crippen LogP contribution in [0.3, 0.4) is 0 Å². The van der Waals surface area contributed by atoms with Crippen molar-refractivity contribution in [3.63, 3.8) is 0 Å². The van der Waals surface area contributed by atoms with Crippen molar-refractivity contribution in [3.05, 3.63) is 88.2 Å². The van der Waals surface area contributed by atoms with Gasteiger partial charge in [-0.15, -0.1) is 0 Å². The van der Waals surface area contributed by atoms with Gasteiger partial charge in [0.25, 0.3) is 5.91 Å². The number of carbonyl (C=O) groups excluding carboxylic acids is 1. The van der Waals surface area contributed by atoms with Crippen molar-refractivity contribution < 1.29 is 4.79 Å². The highest BCUT2D eigenvalue weighted by Crippen LogP contribution is 2.31. The highest BCUT2D eigenvalue weighted by atomic mass is 35.5. The third-order valence-corrected chi connectivity index (χ3v) is 4.35. The lowest BCUT2D eigenvalue weighted by Crippen LogP contribution is -2.22. The van der Waals surface area contributed by atoms with Crippen LogP contribution in [0.5, 0.6) is 0 Å². The van der Waals surface area contributed by atoms with Crippen molar-refractivity contribution in [3.8, 4) is 0 Å². The Labute approximate surface area is 155 Å². The minimum Gasteiger partial charge on any atom is -0.353 e. The molecule has 0 unspecified atom stereocenters. The molecule has 25 heavy (non-hydrogen) atoms. The minimum absolute atomic E-state index is 0.197. The number of pyridine rings is 1. The summed E-state index contributed by atoms with van der Waals surface area (Å²) in [6.45, 7) is 0.456. The Morgan fingerprint density at radius 2 is 1.80 bits per heavy atom. The molecule has 1 aromatic heterocycles. The van der Waals surface area contributed by atoms with E-state index >= 15 is 0 Å². The van der Waals surface area contributed by atoms with Crippen LogP contribution in [-0.2, 0) is 6.54 Å². The number of hydrogen-bond donors (Lipinski definition) is 2. The molecule has 0 fully saturated rings. The van der Waals surface area contributed by atoms with E-state index in [1.54, 1.807) is 30.5 Å². The molecule has 0 atom stereocenters. The van der Waals surface area contributed by atoms with Gasteiger partial charge in [0.15, 0.2) is 0 Å². The molecule has 0 saturated heterocycles. The van der Waals surface area contributed by atoms with Crippen molar-refractivity contribution in [2.45, 2.75) is 6.54 Å². The lowest BCUT2D eigenvalue weighted by molar-refractivity contribution is 0.0950. The fourth-order valence-corrected chi connectivity index (χ4v) is 2.62. The average Bonchev–Trinajstić information content (AvgIpc) is 2.64. The first-order chi connectivity index (χ1) is 12.1. The zero-order valence-corrected chi connectivity index (χ0v) is 14.7. The van der Waals surface area contributed by atoms with Gasteiger partial charge in [-0.05, 0) is 23.8 Å². The number of hydrogen-bond acceptors (Lipinski definition) is 3. The van der Waals surface area contributed by atoms with Gasteiger partial charge in [-0.2, -0.15) is 0 Å². The van der Waals surface area contributed by atoms with Crippen LogP contribution in [0.2, 0.25) is 10.0 Å². The number of nitrogens with one attached hydrogen (secondary N) is 2. The van der Waals surface area contributed by atoms with E-state index in [4.69, 9.17) is 23.2 Å². The lowest BCUT2D eigenvalue weighted by atomic mass is 10.2. The smallest absolute Gasteiger partial charge is 0.253 e. The first-order valence-electron chi connectivity index (χ1n) is 7.61. The van der Waals surface area contributed by atoms with Gasteiger partial charge in [-0.3, -0.25) is 9.78 Å². The lowest BCUT2D eigenvalue weighted by Gasteiger charge is -2.10. The predicted molar refractivity (Wildman–Crippen MR) is 102 cm³/mol. The molecule has 4 nitrogen and oxygen atoms in total. The van der Waals surface area contributed by atoms with Crippen LogP contribution in [-0.4, -0.2) is 10.9 Å². The molecule has 0 aliphatic rings. The van der Waals surface area contributed by atoms with E-state index in [0.717, 1.165) is 5.56 Å². The normalized spacial score (nSPS) is 10.3. The minimum atomic E-state index is -0.197. The van der Waals surface area contributed by atoms with Gasteiger partial charge in [-0.25, -0.2) is 0 Å². The Morgan fingerprint density at radius 3 is 2.60 bits per heavy atom. The van der Waals surface area contributed by atoms with Crippen LogP contribution < -0.4 is 10.6 Å². The Kier molecular flexibility index (Phi) is 5.53. The first kappa shape index (κ1) is 17.3. The van der Waals surface area contributed by atoms with E-state index in [1.807, 2.05) is 30.3 Å². The maximum atomic E-state index is 12.3. The molecule has 0 aliphatic heterocycles. The molecule has 0 aliphatic carbocycles. The van der Waals surface area contributed by atoms with Crippen LogP contribution in [0.25, 0.3) is 0 Å². The molecule has 0 radical (unpaired) electrons. The summed E-state index contributed by atoms with van der Waals surface area (Å²) in [7, 11) is 0. The molecule has 0 spiro atoms. The summed E-state index contributed by atoms with van der Waals surface area (Å²) in [5.74, 6) is -0.197. The van der Waals surface area contributed by atoms with Gasteiger partial charge in [-0.1, -0.05) is 59.6 Å². The second-order valence-electron chi connectivity index (χ2n) is 5.36. The van der Waals surface area contributed by atoms with Crippen LogP contribution in [0.4, 0.5) is 11.4 Å². The monoisotopic (exact) mass is 371 g/mol. The van der Waals surface area contributed by atoms with Gasteiger partial charge in [0.05, 0.1) is 33.2 Å². The maximum absolute atomic E-state index is 12.3. The second kappa shape index (κ2) is 8.01. The molecule has 1 amide bonds. The molecule has 2 aromatic carbocycles. The van der Waals surface area contributed by atoms with E-state index in [1.165, 1.54) is 6.20 Å². The van der Waals surface area contributed by atoms with Gasteiger partial charge in [0, 0.05) is 12.7 Å². The molecule has 1 heterocycles. The molecule has 126 valence electrons. The van der Waals surface area contributed by atoms with Crippen molar-refractivity contribution >= 4 is 40.5 Å². The van der Waals surface area contributed by atoms with Crippen LogP contribution in [0.15, 0.2) is 67.0 Å². The number of carbonyl (C=O) groups is 1.